The number of methoxy groups -OCH3 is 2. The van der Waals surface area contributed by atoms with Gasteiger partial charge in [-0.3, -0.25) is 19.3 Å². The molecule has 1 aromatic carbocycles. The summed E-state index contributed by atoms with van der Waals surface area (Å²) in [5, 5.41) is 2.94. The molecule has 0 aromatic heterocycles. The molecular weight excluding hydrogens is 360 g/mol. The zero-order chi connectivity index (χ0) is 18.8. The number of likely N-dealkylation sites (tertiary alicyclic amines) is 1. The number of fused-ring (bicyclic) bond motifs is 1. The lowest BCUT2D eigenvalue weighted by molar-refractivity contribution is -0.142. The smallest absolute Gasteiger partial charge is 0.244 e. The number of benzene rings is 1. The minimum absolute atomic E-state index is 0.292. The Morgan fingerprint density at radius 2 is 1.69 bits per heavy atom. The third kappa shape index (κ3) is 3.26. The maximum absolute atomic E-state index is 12.4. The summed E-state index contributed by atoms with van der Waals surface area (Å²) in [6.07, 6.45) is 4.88. The maximum Gasteiger partial charge on any atom is 0.244 e. The van der Waals surface area contributed by atoms with Crippen LogP contribution in [0.3, 0.4) is 0 Å². The van der Waals surface area contributed by atoms with E-state index >= 15 is 0 Å². The van der Waals surface area contributed by atoms with Gasteiger partial charge in [-0.1, -0.05) is 23.8 Å². The van der Waals surface area contributed by atoms with Crippen molar-refractivity contribution in [2.24, 2.45) is 11.8 Å². The number of rotatable bonds is 5. The van der Waals surface area contributed by atoms with Crippen molar-refractivity contribution in [1.29, 1.82) is 0 Å². The highest BCUT2D eigenvalue weighted by Gasteiger charge is 2.47. The fourth-order valence-electron chi connectivity index (χ4n) is 3.32. The summed E-state index contributed by atoms with van der Waals surface area (Å²) in [6.45, 7) is -0.336. The van der Waals surface area contributed by atoms with Gasteiger partial charge in [0.1, 0.15) is 18.0 Å². The van der Waals surface area contributed by atoms with Crippen LogP contribution in [-0.4, -0.2) is 43.4 Å². The largest absolute Gasteiger partial charge is 0.495 e. The molecule has 1 saturated heterocycles. The van der Waals surface area contributed by atoms with E-state index in [4.69, 9.17) is 21.1 Å². The third-order valence-corrected chi connectivity index (χ3v) is 4.94. The number of carbonyl (C=O) groups excluding carboxylic acids is 3. The molecule has 1 aliphatic carbocycles. The topological polar surface area (TPSA) is 84.9 Å². The molecule has 2 aliphatic rings. The Kier molecular flexibility index (Phi) is 5.18. The number of amides is 3. The summed E-state index contributed by atoms with van der Waals surface area (Å²) in [4.78, 5) is 38.3. The van der Waals surface area contributed by atoms with Gasteiger partial charge >= 0.3 is 0 Å². The van der Waals surface area contributed by atoms with Crippen molar-refractivity contribution in [1.82, 2.24) is 4.90 Å². The Balaban J connectivity index is 1.73. The number of anilines is 1. The van der Waals surface area contributed by atoms with Crippen LogP contribution >= 0.6 is 11.6 Å². The van der Waals surface area contributed by atoms with Crippen molar-refractivity contribution in [3.05, 3.63) is 29.3 Å². The minimum atomic E-state index is -0.502. The van der Waals surface area contributed by atoms with Crippen molar-refractivity contribution in [3.63, 3.8) is 0 Å². The van der Waals surface area contributed by atoms with Crippen molar-refractivity contribution in [3.8, 4) is 11.5 Å². The van der Waals surface area contributed by atoms with E-state index in [-0.39, 0.29) is 30.2 Å². The fraction of sp³-hybridized carbons (Fsp3) is 0.389. The van der Waals surface area contributed by atoms with Crippen LogP contribution in [0.15, 0.2) is 24.3 Å². The Bertz CT molecular complexity index is 766. The quantitative estimate of drug-likeness (QED) is 0.627. The summed E-state index contributed by atoms with van der Waals surface area (Å²) < 4.78 is 10.3. The number of nitrogens with zero attached hydrogens (tertiary/aromatic N) is 1. The molecule has 26 heavy (non-hydrogen) atoms. The Hall–Kier alpha value is -2.54. The summed E-state index contributed by atoms with van der Waals surface area (Å²) >= 11 is 6.08. The first kappa shape index (κ1) is 18.3. The van der Waals surface area contributed by atoms with Crippen LogP contribution in [0.4, 0.5) is 5.69 Å². The van der Waals surface area contributed by atoms with E-state index in [2.05, 4.69) is 5.32 Å². The molecule has 7 nitrogen and oxygen atoms in total. The number of hydrogen-bond donors (Lipinski definition) is 1. The molecule has 0 radical (unpaired) electrons. The van der Waals surface area contributed by atoms with Gasteiger partial charge in [0.25, 0.3) is 0 Å². The number of ether oxygens (including phenoxy) is 2. The van der Waals surface area contributed by atoms with E-state index in [0.717, 1.165) is 4.90 Å². The highest BCUT2D eigenvalue weighted by Crippen LogP contribution is 2.37. The van der Waals surface area contributed by atoms with Crippen molar-refractivity contribution >= 4 is 35.0 Å². The average Bonchev–Trinajstić information content (AvgIpc) is 2.87. The highest BCUT2D eigenvalue weighted by atomic mass is 35.5. The van der Waals surface area contributed by atoms with E-state index in [0.29, 0.717) is 35.1 Å². The lowest BCUT2D eigenvalue weighted by Crippen LogP contribution is -2.38. The summed E-state index contributed by atoms with van der Waals surface area (Å²) in [5.74, 6) is -1.04. The Morgan fingerprint density at radius 3 is 2.23 bits per heavy atom. The van der Waals surface area contributed by atoms with Gasteiger partial charge in [-0.05, 0) is 18.9 Å². The molecule has 0 bridgehead atoms. The predicted octanol–water partition coefficient (Wildman–Crippen LogP) is 2.25. The van der Waals surface area contributed by atoms with Gasteiger partial charge in [-0.2, -0.15) is 0 Å². The van der Waals surface area contributed by atoms with Crippen LogP contribution in [0.5, 0.6) is 11.5 Å². The summed E-state index contributed by atoms with van der Waals surface area (Å²) in [6, 6.07) is 3.04. The molecular formula is C18H19ClN2O5. The fourth-order valence-corrected chi connectivity index (χ4v) is 3.56. The molecule has 1 aliphatic heterocycles. The lowest BCUT2D eigenvalue weighted by Gasteiger charge is -2.16. The van der Waals surface area contributed by atoms with Crippen LogP contribution < -0.4 is 14.8 Å². The number of hydrogen-bond acceptors (Lipinski definition) is 5. The van der Waals surface area contributed by atoms with E-state index < -0.39 is 5.91 Å². The van der Waals surface area contributed by atoms with Gasteiger partial charge in [-0.15, -0.1) is 0 Å². The number of nitrogens with one attached hydrogen (secondary N) is 1. The second-order valence-electron chi connectivity index (χ2n) is 6.15. The van der Waals surface area contributed by atoms with E-state index in [1.807, 2.05) is 12.2 Å². The zero-order valence-corrected chi connectivity index (χ0v) is 15.2. The minimum Gasteiger partial charge on any atom is -0.495 e. The third-order valence-electron chi connectivity index (χ3n) is 4.65. The standard InChI is InChI=1S/C18H19ClN2O5/c1-25-14-8-15(26-2)13(7-12(14)19)20-16(22)9-21-17(23)10-5-3-4-6-11(10)18(21)24/h3-4,7-8,10-11H,5-6,9H2,1-2H3,(H,20,22)/t10-,11+. The van der Waals surface area contributed by atoms with Gasteiger partial charge in [0.2, 0.25) is 17.7 Å². The number of halogens is 1. The molecule has 0 saturated carbocycles. The van der Waals surface area contributed by atoms with Gasteiger partial charge in [-0.25, -0.2) is 0 Å². The van der Waals surface area contributed by atoms with Crippen LogP contribution in [0.1, 0.15) is 12.8 Å². The van der Waals surface area contributed by atoms with Gasteiger partial charge < -0.3 is 14.8 Å². The summed E-state index contributed by atoms with van der Waals surface area (Å²) in [5.41, 5.74) is 0.335. The van der Waals surface area contributed by atoms with Gasteiger partial charge in [0, 0.05) is 6.07 Å². The lowest BCUT2D eigenvalue weighted by atomic mass is 9.85. The zero-order valence-electron chi connectivity index (χ0n) is 14.5. The molecule has 3 rings (SSSR count). The number of allylic oxidation sites excluding steroid dienone is 2. The van der Waals surface area contributed by atoms with E-state index in [1.165, 1.54) is 20.3 Å². The monoisotopic (exact) mass is 378 g/mol. The second kappa shape index (κ2) is 7.37. The molecule has 2 atom stereocenters. The SMILES string of the molecule is COc1cc(OC)c(NC(=O)CN2C(=O)[C@H]3CC=CC[C@H]3C2=O)cc1Cl. The van der Waals surface area contributed by atoms with Crippen LogP contribution in [0.25, 0.3) is 0 Å². The molecule has 8 heteroatoms. The molecule has 0 unspecified atom stereocenters. The molecule has 1 fully saturated rings. The molecule has 1 heterocycles. The average molecular weight is 379 g/mol. The number of carbonyl (C=O) groups is 3. The predicted molar refractivity (Wildman–Crippen MR) is 95.3 cm³/mol. The van der Waals surface area contributed by atoms with Crippen molar-refractivity contribution < 1.29 is 23.9 Å². The van der Waals surface area contributed by atoms with E-state index in [1.54, 1.807) is 6.07 Å². The first-order valence-electron chi connectivity index (χ1n) is 8.17. The molecule has 1 N–H and O–H groups in total. The normalized spacial score (nSPS) is 21.6. The van der Waals surface area contributed by atoms with Gasteiger partial charge in [0.15, 0.2) is 0 Å². The van der Waals surface area contributed by atoms with Crippen LogP contribution in [0.2, 0.25) is 5.02 Å². The van der Waals surface area contributed by atoms with Gasteiger partial charge in [0.05, 0.1) is 36.8 Å². The summed E-state index contributed by atoms with van der Waals surface area (Å²) in [7, 11) is 2.92. The highest BCUT2D eigenvalue weighted by molar-refractivity contribution is 6.32. The van der Waals surface area contributed by atoms with Crippen molar-refractivity contribution in [2.75, 3.05) is 26.1 Å². The molecule has 3 amide bonds. The maximum atomic E-state index is 12.4. The number of imide groups is 1. The Morgan fingerprint density at radius 1 is 1.12 bits per heavy atom. The second-order valence-corrected chi connectivity index (χ2v) is 6.56. The first-order chi connectivity index (χ1) is 12.5. The Labute approximate surface area is 155 Å². The molecule has 0 spiro atoms. The van der Waals surface area contributed by atoms with E-state index in [9.17, 15) is 14.4 Å². The first-order valence-corrected chi connectivity index (χ1v) is 8.55. The molecule has 138 valence electrons. The molecule has 1 aromatic rings. The van der Waals surface area contributed by atoms with Crippen molar-refractivity contribution in [2.45, 2.75) is 12.8 Å². The van der Waals surface area contributed by atoms with Crippen LogP contribution in [0, 0.1) is 11.8 Å². The van der Waals surface area contributed by atoms with Crippen LogP contribution in [-0.2, 0) is 14.4 Å².